The second kappa shape index (κ2) is 5.04. The third-order valence-corrected chi connectivity index (χ3v) is 2.03. The molecule has 1 aromatic rings. The monoisotopic (exact) mass is 182 g/mol. The van der Waals surface area contributed by atoms with E-state index in [0.29, 0.717) is 12.5 Å². The van der Waals surface area contributed by atoms with E-state index in [1.807, 2.05) is 12.1 Å². The van der Waals surface area contributed by atoms with E-state index in [1.54, 1.807) is 6.26 Å². The summed E-state index contributed by atoms with van der Waals surface area (Å²) in [7, 11) is 4.12. The molecule has 2 N–H and O–H groups in total. The molecule has 74 valence electrons. The van der Waals surface area contributed by atoms with Crippen LogP contribution in [0.5, 0.6) is 0 Å². The summed E-state index contributed by atoms with van der Waals surface area (Å²) in [4.78, 5) is 2.15. The zero-order valence-electron chi connectivity index (χ0n) is 8.36. The largest absolute Gasteiger partial charge is 0.469 e. The van der Waals surface area contributed by atoms with Gasteiger partial charge in [-0.2, -0.15) is 0 Å². The minimum Gasteiger partial charge on any atom is -0.469 e. The van der Waals surface area contributed by atoms with Gasteiger partial charge in [-0.25, -0.2) is 0 Å². The molecule has 1 heterocycles. The molecule has 3 heteroatoms. The molecule has 0 bridgehead atoms. The van der Waals surface area contributed by atoms with Gasteiger partial charge in [0.05, 0.1) is 6.26 Å². The van der Waals surface area contributed by atoms with Gasteiger partial charge in [0.1, 0.15) is 5.76 Å². The Balaban J connectivity index is 2.40. The van der Waals surface area contributed by atoms with Gasteiger partial charge < -0.3 is 15.1 Å². The maximum atomic E-state index is 5.67. The van der Waals surface area contributed by atoms with Crippen LogP contribution in [0.3, 0.4) is 0 Å². The smallest absolute Gasteiger partial charge is 0.104 e. The lowest BCUT2D eigenvalue weighted by Gasteiger charge is -2.18. The minimum atomic E-state index is 0.487. The highest BCUT2D eigenvalue weighted by molar-refractivity contribution is 4.99. The number of nitrogens with two attached hydrogens (primary N) is 1. The lowest BCUT2D eigenvalue weighted by atomic mass is 10.0. The van der Waals surface area contributed by atoms with Crippen LogP contribution in [-0.4, -0.2) is 32.1 Å². The highest BCUT2D eigenvalue weighted by Gasteiger charge is 2.10. The predicted octanol–water partition coefficient (Wildman–Crippen LogP) is 0.959. The molecule has 0 amide bonds. The van der Waals surface area contributed by atoms with Crippen LogP contribution in [0.1, 0.15) is 5.76 Å². The molecule has 13 heavy (non-hydrogen) atoms. The SMILES string of the molecule is CN(C)CC(CN)Cc1ccco1. The first kappa shape index (κ1) is 10.3. The highest BCUT2D eigenvalue weighted by Crippen LogP contribution is 2.08. The van der Waals surface area contributed by atoms with Gasteiger partial charge in [0.2, 0.25) is 0 Å². The highest BCUT2D eigenvalue weighted by atomic mass is 16.3. The molecule has 1 unspecified atom stereocenters. The normalized spacial score (nSPS) is 13.5. The van der Waals surface area contributed by atoms with Crippen molar-refractivity contribution in [3.05, 3.63) is 24.2 Å². The lowest BCUT2D eigenvalue weighted by Crippen LogP contribution is -2.28. The van der Waals surface area contributed by atoms with Crippen molar-refractivity contribution in [2.45, 2.75) is 6.42 Å². The van der Waals surface area contributed by atoms with E-state index in [-0.39, 0.29) is 0 Å². The van der Waals surface area contributed by atoms with Crippen LogP contribution in [0.15, 0.2) is 22.8 Å². The Morgan fingerprint density at radius 1 is 1.54 bits per heavy atom. The third-order valence-electron chi connectivity index (χ3n) is 2.03. The Labute approximate surface area is 79.5 Å². The van der Waals surface area contributed by atoms with Crippen molar-refractivity contribution >= 4 is 0 Å². The predicted molar refractivity (Wildman–Crippen MR) is 53.5 cm³/mol. The summed E-state index contributed by atoms with van der Waals surface area (Å²) in [5.74, 6) is 1.51. The Morgan fingerprint density at radius 2 is 2.31 bits per heavy atom. The van der Waals surface area contributed by atoms with Gasteiger partial charge in [-0.15, -0.1) is 0 Å². The molecule has 0 radical (unpaired) electrons. The van der Waals surface area contributed by atoms with E-state index in [0.717, 1.165) is 18.7 Å². The molecule has 1 rings (SSSR count). The summed E-state index contributed by atoms with van der Waals surface area (Å²) in [5.41, 5.74) is 5.67. The maximum absolute atomic E-state index is 5.67. The molecule has 0 saturated heterocycles. The Hall–Kier alpha value is -0.800. The van der Waals surface area contributed by atoms with Gasteiger partial charge in [-0.1, -0.05) is 0 Å². The van der Waals surface area contributed by atoms with Crippen molar-refractivity contribution in [2.75, 3.05) is 27.2 Å². The average Bonchev–Trinajstić information content (AvgIpc) is 2.55. The maximum Gasteiger partial charge on any atom is 0.104 e. The van der Waals surface area contributed by atoms with Gasteiger partial charge >= 0.3 is 0 Å². The van der Waals surface area contributed by atoms with Gasteiger partial charge in [0, 0.05) is 13.0 Å². The molecular formula is C10H18N2O. The van der Waals surface area contributed by atoms with Crippen molar-refractivity contribution in [2.24, 2.45) is 11.7 Å². The summed E-state index contributed by atoms with van der Waals surface area (Å²) >= 11 is 0. The first-order chi connectivity index (χ1) is 6.22. The quantitative estimate of drug-likeness (QED) is 0.737. The van der Waals surface area contributed by atoms with Crippen LogP contribution in [0, 0.1) is 5.92 Å². The Kier molecular flexibility index (Phi) is 3.99. The molecule has 0 aliphatic heterocycles. The fraction of sp³-hybridized carbons (Fsp3) is 0.600. The van der Waals surface area contributed by atoms with E-state index in [4.69, 9.17) is 10.2 Å². The van der Waals surface area contributed by atoms with Crippen LogP contribution >= 0.6 is 0 Å². The number of nitrogens with zero attached hydrogens (tertiary/aromatic N) is 1. The van der Waals surface area contributed by atoms with Gasteiger partial charge in [0.15, 0.2) is 0 Å². The first-order valence-electron chi connectivity index (χ1n) is 4.59. The summed E-state index contributed by atoms with van der Waals surface area (Å²) in [6.07, 6.45) is 2.64. The Morgan fingerprint density at radius 3 is 2.77 bits per heavy atom. The number of rotatable bonds is 5. The molecule has 3 nitrogen and oxygen atoms in total. The molecular weight excluding hydrogens is 164 g/mol. The molecule has 0 saturated carbocycles. The van der Waals surface area contributed by atoms with E-state index >= 15 is 0 Å². The van der Waals surface area contributed by atoms with Crippen LogP contribution < -0.4 is 5.73 Å². The second-order valence-electron chi connectivity index (χ2n) is 3.65. The first-order valence-corrected chi connectivity index (χ1v) is 4.59. The van der Waals surface area contributed by atoms with Crippen LogP contribution in [0.2, 0.25) is 0 Å². The van der Waals surface area contributed by atoms with E-state index in [2.05, 4.69) is 19.0 Å². The van der Waals surface area contributed by atoms with Gasteiger partial charge in [-0.05, 0) is 38.7 Å². The molecule has 0 spiro atoms. The fourth-order valence-corrected chi connectivity index (χ4v) is 1.45. The van der Waals surface area contributed by atoms with Crippen LogP contribution in [0.25, 0.3) is 0 Å². The second-order valence-corrected chi connectivity index (χ2v) is 3.65. The number of hydrogen-bond donors (Lipinski definition) is 1. The molecule has 0 aliphatic carbocycles. The minimum absolute atomic E-state index is 0.487. The summed E-state index contributed by atoms with van der Waals surface area (Å²) in [6.45, 7) is 1.72. The van der Waals surface area contributed by atoms with E-state index in [9.17, 15) is 0 Å². The van der Waals surface area contributed by atoms with Gasteiger partial charge in [-0.3, -0.25) is 0 Å². The van der Waals surface area contributed by atoms with Crippen molar-refractivity contribution in [3.8, 4) is 0 Å². The van der Waals surface area contributed by atoms with Crippen molar-refractivity contribution in [3.63, 3.8) is 0 Å². The van der Waals surface area contributed by atoms with Crippen LogP contribution in [0.4, 0.5) is 0 Å². The lowest BCUT2D eigenvalue weighted by molar-refractivity contribution is 0.314. The molecule has 0 aromatic carbocycles. The fourth-order valence-electron chi connectivity index (χ4n) is 1.45. The number of furan rings is 1. The topological polar surface area (TPSA) is 42.4 Å². The third kappa shape index (κ3) is 3.61. The molecule has 0 fully saturated rings. The molecule has 1 aromatic heterocycles. The zero-order valence-corrected chi connectivity index (χ0v) is 8.36. The van der Waals surface area contributed by atoms with Crippen molar-refractivity contribution < 1.29 is 4.42 Å². The molecule has 0 aliphatic rings. The van der Waals surface area contributed by atoms with E-state index in [1.165, 1.54) is 0 Å². The molecule has 1 atom stereocenters. The summed E-state index contributed by atoms with van der Waals surface area (Å²) < 4.78 is 5.27. The van der Waals surface area contributed by atoms with Crippen molar-refractivity contribution in [1.82, 2.24) is 4.90 Å². The van der Waals surface area contributed by atoms with Crippen LogP contribution in [-0.2, 0) is 6.42 Å². The standard InChI is InChI=1S/C10H18N2O/c1-12(2)8-9(7-11)6-10-4-3-5-13-10/h3-5,9H,6-8,11H2,1-2H3. The van der Waals surface area contributed by atoms with E-state index < -0.39 is 0 Å². The average molecular weight is 182 g/mol. The number of hydrogen-bond acceptors (Lipinski definition) is 3. The summed E-state index contributed by atoms with van der Waals surface area (Å²) in [5, 5.41) is 0. The zero-order chi connectivity index (χ0) is 9.68. The summed E-state index contributed by atoms with van der Waals surface area (Å²) in [6, 6.07) is 3.91. The van der Waals surface area contributed by atoms with Gasteiger partial charge in [0.25, 0.3) is 0 Å². The van der Waals surface area contributed by atoms with Crippen molar-refractivity contribution in [1.29, 1.82) is 0 Å². The Bertz CT molecular complexity index is 219.